The van der Waals surface area contributed by atoms with E-state index in [4.69, 9.17) is 0 Å². The number of aromatic nitrogens is 4. The van der Waals surface area contributed by atoms with Crippen molar-refractivity contribution in [1.29, 1.82) is 0 Å². The molecule has 0 bridgehead atoms. The molecule has 0 saturated heterocycles. The molecule has 7 heteroatoms. The average molecular weight is 453 g/mol. The van der Waals surface area contributed by atoms with E-state index in [1.54, 1.807) is 11.0 Å². The fourth-order valence-electron chi connectivity index (χ4n) is 2.65. The third-order valence-corrected chi connectivity index (χ3v) is 5.07. The maximum absolute atomic E-state index is 4.67. The first-order valence-electron chi connectivity index (χ1n) is 9.15. The van der Waals surface area contributed by atoms with Gasteiger partial charge in [-0.05, 0) is 70.3 Å². The second kappa shape index (κ2) is 11.5. The van der Waals surface area contributed by atoms with Crippen LogP contribution in [0.3, 0.4) is 0 Å². The summed E-state index contributed by atoms with van der Waals surface area (Å²) in [5, 5.41) is 5.83. The van der Waals surface area contributed by atoms with Crippen LogP contribution in [0.1, 0.15) is 16.8 Å². The number of thiazole rings is 1. The number of nitrogens with zero attached hydrogens (tertiary/aromatic N) is 5. The fraction of sp³-hybridized carbons (Fsp3) is 0.0435. The Morgan fingerprint density at radius 1 is 0.933 bits per heavy atom. The van der Waals surface area contributed by atoms with Crippen molar-refractivity contribution >= 4 is 22.7 Å². The normalized spacial score (nSPS) is 16.4. The quantitative estimate of drug-likeness (QED) is 0.430. The maximum Gasteiger partial charge on any atom is 2.00 e. The van der Waals surface area contributed by atoms with Crippen LogP contribution in [0.2, 0.25) is 0 Å². The largest absolute Gasteiger partial charge is 2.00 e. The van der Waals surface area contributed by atoms with Crippen LogP contribution < -0.4 is 0 Å². The van der Waals surface area contributed by atoms with E-state index in [-0.39, 0.29) is 17.1 Å². The molecular formula is C23H19FeN5S+2. The van der Waals surface area contributed by atoms with Crippen LogP contribution in [-0.4, -0.2) is 26.0 Å². The molecule has 5 nitrogen and oxygen atoms in total. The monoisotopic (exact) mass is 453 g/mol. The maximum atomic E-state index is 4.67. The Morgan fingerprint density at radius 2 is 1.60 bits per heavy atom. The minimum absolute atomic E-state index is 0. The molecule has 2 aliphatic carbocycles. The Morgan fingerprint density at radius 3 is 2.20 bits per heavy atom. The van der Waals surface area contributed by atoms with Crippen molar-refractivity contribution < 1.29 is 17.1 Å². The Labute approximate surface area is 193 Å². The summed E-state index contributed by atoms with van der Waals surface area (Å²) in [6.07, 6.45) is 23.1. The summed E-state index contributed by atoms with van der Waals surface area (Å²) in [6, 6.07) is 8.23. The summed E-state index contributed by atoms with van der Waals surface area (Å²) in [6.45, 7) is 2.07. The van der Waals surface area contributed by atoms with E-state index in [1.165, 1.54) is 23.2 Å². The van der Waals surface area contributed by atoms with Gasteiger partial charge >= 0.3 is 17.1 Å². The van der Waals surface area contributed by atoms with Gasteiger partial charge < -0.3 is 0 Å². The third kappa shape index (κ3) is 6.10. The molecular weight excluding hydrogens is 434 g/mol. The van der Waals surface area contributed by atoms with Gasteiger partial charge in [-0.3, -0.25) is 0 Å². The molecule has 0 N–H and O–H groups in total. The molecule has 0 aliphatic heterocycles. The van der Waals surface area contributed by atoms with Crippen molar-refractivity contribution in [2.24, 2.45) is 4.99 Å². The van der Waals surface area contributed by atoms with Crippen LogP contribution in [0.25, 0.3) is 5.00 Å². The van der Waals surface area contributed by atoms with E-state index >= 15 is 0 Å². The van der Waals surface area contributed by atoms with Crippen molar-refractivity contribution in [3.63, 3.8) is 0 Å². The SMILES string of the molecule is Cc1ccc(/C=N/c2nc([C]3[CH][CH][CH][CH]3)c(-n3cncn3)s2)cc1.[CH]1[CH][CH][CH][CH]1.[Fe+2]. The Bertz CT molecular complexity index is 900. The third-order valence-electron chi connectivity index (χ3n) is 4.12. The topological polar surface area (TPSA) is 56.0 Å². The number of rotatable bonds is 4. The van der Waals surface area contributed by atoms with Gasteiger partial charge in [0, 0.05) is 12.1 Å². The molecule has 0 amide bonds. The number of aliphatic imine (C=N–C) groups is 1. The first-order valence-corrected chi connectivity index (χ1v) is 9.96. The predicted octanol–water partition coefficient (Wildman–Crippen LogP) is 4.56. The van der Waals surface area contributed by atoms with Crippen LogP contribution in [-0.2, 0) is 17.1 Å². The van der Waals surface area contributed by atoms with E-state index < -0.39 is 0 Å². The van der Waals surface area contributed by atoms with Gasteiger partial charge in [0.1, 0.15) is 17.7 Å². The van der Waals surface area contributed by atoms with Gasteiger partial charge in [0.05, 0.1) is 5.69 Å². The number of hydrogen-bond donors (Lipinski definition) is 0. The van der Waals surface area contributed by atoms with Gasteiger partial charge in [-0.1, -0.05) is 41.2 Å². The standard InChI is InChI=1S/C18H14N5S.C5H5.Fe/c1-13-6-8-14(9-7-13)10-20-18-22-16(15-4-2-3-5-15)17(24-18)23-12-19-11-21-23;1-2-4-5-3-1;/h2-12H,1H3;1-5H;/q;;+2/b20-10+;;. The molecule has 2 heterocycles. The zero-order valence-corrected chi connectivity index (χ0v) is 18.2. The summed E-state index contributed by atoms with van der Waals surface area (Å²) in [5.41, 5.74) is 3.15. The minimum Gasteiger partial charge on any atom is -0.227 e. The number of aryl methyl sites for hydroxylation is 1. The summed E-state index contributed by atoms with van der Waals surface area (Å²) in [5.74, 6) is 1.05. The summed E-state index contributed by atoms with van der Waals surface area (Å²) in [4.78, 5) is 13.2. The predicted molar refractivity (Wildman–Crippen MR) is 117 cm³/mol. The van der Waals surface area contributed by atoms with Crippen LogP contribution in [0.5, 0.6) is 0 Å². The van der Waals surface area contributed by atoms with Crippen molar-refractivity contribution in [1.82, 2.24) is 19.7 Å². The minimum atomic E-state index is 0. The van der Waals surface area contributed by atoms with Gasteiger partial charge in [-0.15, -0.1) is 0 Å². The van der Waals surface area contributed by atoms with E-state index in [0.29, 0.717) is 5.13 Å². The van der Waals surface area contributed by atoms with Crippen LogP contribution >= 0.6 is 11.3 Å². The molecule has 2 saturated carbocycles. The van der Waals surface area contributed by atoms with Crippen molar-refractivity contribution in [3.05, 3.63) is 117 Å². The smallest absolute Gasteiger partial charge is 0.227 e. The Hall–Kier alpha value is -1.82. The molecule has 2 aromatic heterocycles. The van der Waals surface area contributed by atoms with Gasteiger partial charge in [0.25, 0.3) is 0 Å². The second-order valence-electron chi connectivity index (χ2n) is 6.29. The molecule has 2 aliphatic rings. The molecule has 1 aromatic carbocycles. The average Bonchev–Trinajstić information content (AvgIpc) is 3.55. The molecule has 10 radical (unpaired) electrons. The van der Waals surface area contributed by atoms with Crippen LogP contribution in [0, 0.1) is 70.6 Å². The Kier molecular flexibility index (Phi) is 8.79. The summed E-state index contributed by atoms with van der Waals surface area (Å²) >= 11 is 1.49. The van der Waals surface area contributed by atoms with E-state index in [0.717, 1.165) is 22.2 Å². The number of benzene rings is 1. The van der Waals surface area contributed by atoms with Crippen molar-refractivity contribution in [2.75, 3.05) is 0 Å². The van der Waals surface area contributed by atoms with Gasteiger partial charge in [-0.25, -0.2) is 19.6 Å². The van der Waals surface area contributed by atoms with Gasteiger partial charge in [0.15, 0.2) is 0 Å². The molecule has 0 atom stereocenters. The number of hydrogen-bond acceptors (Lipinski definition) is 5. The zero-order chi connectivity index (χ0) is 19.9. The van der Waals surface area contributed by atoms with E-state index in [9.17, 15) is 0 Å². The van der Waals surface area contributed by atoms with E-state index in [1.807, 2.05) is 76.1 Å². The van der Waals surface area contributed by atoms with Gasteiger partial charge in [0.2, 0.25) is 5.13 Å². The molecule has 2 fully saturated rings. The fourth-order valence-corrected chi connectivity index (χ4v) is 3.51. The first kappa shape index (κ1) is 22.9. The second-order valence-corrected chi connectivity index (χ2v) is 7.25. The van der Waals surface area contributed by atoms with E-state index in [2.05, 4.69) is 39.1 Å². The van der Waals surface area contributed by atoms with Crippen molar-refractivity contribution in [3.8, 4) is 5.00 Å². The van der Waals surface area contributed by atoms with Gasteiger partial charge in [-0.2, -0.15) is 5.10 Å². The summed E-state index contributed by atoms with van der Waals surface area (Å²) in [7, 11) is 0. The molecule has 0 unspecified atom stereocenters. The van der Waals surface area contributed by atoms with Crippen LogP contribution in [0.4, 0.5) is 5.13 Å². The van der Waals surface area contributed by atoms with Crippen LogP contribution in [0.15, 0.2) is 41.9 Å². The molecule has 0 spiro atoms. The van der Waals surface area contributed by atoms with Crippen molar-refractivity contribution in [2.45, 2.75) is 6.92 Å². The molecule has 30 heavy (non-hydrogen) atoms. The first-order chi connectivity index (χ1) is 14.3. The zero-order valence-electron chi connectivity index (χ0n) is 16.2. The molecule has 148 valence electrons. The Balaban J connectivity index is 0.000000376. The molecule has 5 rings (SSSR count). The molecule has 3 aromatic rings. The summed E-state index contributed by atoms with van der Waals surface area (Å²) < 4.78 is 1.73.